The fourth-order valence-electron chi connectivity index (χ4n) is 3.33. The van der Waals surface area contributed by atoms with E-state index in [0.29, 0.717) is 0 Å². The average molecular weight is 303 g/mol. The normalized spacial score (nSPS) is 39.7. The van der Waals surface area contributed by atoms with Gasteiger partial charge < -0.3 is 9.47 Å². The summed E-state index contributed by atoms with van der Waals surface area (Å²) in [6.07, 6.45) is 9.22. The summed E-state index contributed by atoms with van der Waals surface area (Å²) in [5.74, 6) is 1.85. The van der Waals surface area contributed by atoms with Gasteiger partial charge in [-0.1, -0.05) is 15.9 Å². The van der Waals surface area contributed by atoms with Crippen molar-refractivity contribution in [2.45, 2.75) is 55.4 Å². The van der Waals surface area contributed by atoms with Gasteiger partial charge in [-0.3, -0.25) is 0 Å². The number of hydrogen-bond donors (Lipinski definition) is 0. The maximum Gasteiger partial charge on any atom is 0.0939 e. The van der Waals surface area contributed by atoms with Gasteiger partial charge in [0.15, 0.2) is 0 Å². The molecule has 1 spiro atoms. The molecule has 1 aliphatic carbocycles. The van der Waals surface area contributed by atoms with Crippen molar-refractivity contribution in [1.82, 2.24) is 0 Å². The van der Waals surface area contributed by atoms with Gasteiger partial charge in [-0.25, -0.2) is 0 Å². The lowest BCUT2D eigenvalue weighted by molar-refractivity contribution is -0.0989. The maximum atomic E-state index is 5.99. The molecule has 3 unspecified atom stereocenters. The number of halogens is 1. The molecular weight excluding hydrogens is 280 g/mol. The smallest absolute Gasteiger partial charge is 0.0939 e. The first-order valence-corrected chi connectivity index (χ1v) is 8.05. The van der Waals surface area contributed by atoms with E-state index in [9.17, 15) is 0 Å². The van der Waals surface area contributed by atoms with E-state index in [2.05, 4.69) is 15.9 Å². The highest BCUT2D eigenvalue weighted by Crippen LogP contribution is 2.42. The van der Waals surface area contributed by atoms with Crippen molar-refractivity contribution in [3.8, 4) is 0 Å². The van der Waals surface area contributed by atoms with Crippen LogP contribution in [0.3, 0.4) is 0 Å². The van der Waals surface area contributed by atoms with Crippen LogP contribution in [0.5, 0.6) is 0 Å². The Kier molecular flexibility index (Phi) is 3.79. The molecule has 2 nitrogen and oxygen atoms in total. The van der Waals surface area contributed by atoms with E-state index in [-0.39, 0.29) is 5.60 Å². The van der Waals surface area contributed by atoms with Crippen LogP contribution in [0, 0.1) is 11.8 Å². The van der Waals surface area contributed by atoms with Gasteiger partial charge in [-0.2, -0.15) is 0 Å². The minimum absolute atomic E-state index is 0.101. The summed E-state index contributed by atoms with van der Waals surface area (Å²) in [4.78, 5) is 0.779. The Hall–Kier alpha value is 0.400. The zero-order valence-corrected chi connectivity index (χ0v) is 12.1. The first-order chi connectivity index (χ1) is 8.27. The second kappa shape index (κ2) is 5.18. The third-order valence-corrected chi connectivity index (χ3v) is 5.85. The van der Waals surface area contributed by atoms with Crippen LogP contribution in [-0.2, 0) is 9.47 Å². The maximum absolute atomic E-state index is 5.99. The van der Waals surface area contributed by atoms with Crippen LogP contribution in [0.15, 0.2) is 0 Å². The van der Waals surface area contributed by atoms with Crippen LogP contribution in [0.4, 0.5) is 0 Å². The molecule has 2 saturated heterocycles. The Morgan fingerprint density at radius 3 is 2.82 bits per heavy atom. The summed E-state index contributed by atoms with van der Waals surface area (Å²) in [5, 5.41) is 0. The third kappa shape index (κ3) is 3.05. The topological polar surface area (TPSA) is 18.5 Å². The van der Waals surface area contributed by atoms with E-state index in [4.69, 9.17) is 9.47 Å². The van der Waals surface area contributed by atoms with Gasteiger partial charge >= 0.3 is 0 Å². The molecule has 0 amide bonds. The van der Waals surface area contributed by atoms with Gasteiger partial charge in [0.1, 0.15) is 0 Å². The van der Waals surface area contributed by atoms with Crippen molar-refractivity contribution in [3.05, 3.63) is 0 Å². The second-order valence-electron chi connectivity index (χ2n) is 6.12. The molecule has 3 aliphatic rings. The Bertz CT molecular complexity index is 259. The molecule has 0 bridgehead atoms. The predicted octanol–water partition coefficient (Wildman–Crippen LogP) is 3.53. The molecule has 0 N–H and O–H groups in total. The van der Waals surface area contributed by atoms with Crippen LogP contribution < -0.4 is 0 Å². The molecule has 0 radical (unpaired) electrons. The van der Waals surface area contributed by atoms with Crippen molar-refractivity contribution in [2.75, 3.05) is 19.8 Å². The molecule has 0 aromatic carbocycles. The summed E-state index contributed by atoms with van der Waals surface area (Å²) in [6.45, 7) is 2.68. The number of ether oxygens (including phenoxy) is 2. The quantitative estimate of drug-likeness (QED) is 0.740. The van der Waals surface area contributed by atoms with E-state index >= 15 is 0 Å². The summed E-state index contributed by atoms with van der Waals surface area (Å²) in [5.41, 5.74) is 0.101. The highest BCUT2D eigenvalue weighted by Gasteiger charge is 2.41. The Balaban J connectivity index is 1.46. The van der Waals surface area contributed by atoms with Crippen LogP contribution >= 0.6 is 15.9 Å². The molecule has 3 atom stereocenters. The summed E-state index contributed by atoms with van der Waals surface area (Å²) in [6, 6.07) is 0. The van der Waals surface area contributed by atoms with Gasteiger partial charge in [0.25, 0.3) is 0 Å². The van der Waals surface area contributed by atoms with E-state index in [1.807, 2.05) is 0 Å². The van der Waals surface area contributed by atoms with Crippen molar-refractivity contribution < 1.29 is 9.47 Å². The molecule has 1 saturated carbocycles. The number of hydrogen-bond acceptors (Lipinski definition) is 2. The van der Waals surface area contributed by atoms with Gasteiger partial charge in [-0.05, 0) is 50.4 Å². The Labute approximate surface area is 113 Å². The molecule has 3 heteroatoms. The van der Waals surface area contributed by atoms with E-state index in [1.165, 1.54) is 38.5 Å². The lowest BCUT2D eigenvalue weighted by Gasteiger charge is -2.37. The van der Waals surface area contributed by atoms with Gasteiger partial charge in [0.2, 0.25) is 0 Å². The monoisotopic (exact) mass is 302 g/mol. The molecule has 2 heterocycles. The highest BCUT2D eigenvalue weighted by molar-refractivity contribution is 9.09. The molecule has 98 valence electrons. The highest BCUT2D eigenvalue weighted by atomic mass is 79.9. The lowest BCUT2D eigenvalue weighted by atomic mass is 9.82. The number of rotatable bonds is 4. The Morgan fingerprint density at radius 2 is 2.12 bits per heavy atom. The number of alkyl halides is 1. The fourth-order valence-corrected chi connectivity index (χ4v) is 4.12. The molecule has 0 aromatic heterocycles. The summed E-state index contributed by atoms with van der Waals surface area (Å²) >= 11 is 3.85. The minimum atomic E-state index is 0.101. The second-order valence-corrected chi connectivity index (χ2v) is 7.30. The van der Waals surface area contributed by atoms with Crippen molar-refractivity contribution in [1.29, 1.82) is 0 Å². The van der Waals surface area contributed by atoms with Gasteiger partial charge in [0, 0.05) is 24.5 Å². The molecular formula is C14H23BrO2. The predicted molar refractivity (Wildman–Crippen MR) is 71.5 cm³/mol. The lowest BCUT2D eigenvalue weighted by Crippen LogP contribution is -2.40. The molecule has 2 aliphatic heterocycles. The molecule has 3 rings (SSSR count). The van der Waals surface area contributed by atoms with Crippen LogP contribution in [0.1, 0.15) is 44.9 Å². The van der Waals surface area contributed by atoms with Crippen molar-refractivity contribution >= 4 is 15.9 Å². The van der Waals surface area contributed by atoms with Crippen molar-refractivity contribution in [3.63, 3.8) is 0 Å². The summed E-state index contributed by atoms with van der Waals surface area (Å²) in [7, 11) is 0. The SMILES string of the molecule is BrC(CCC1CCOC2(CCOC2)C1)C1CC1. The zero-order valence-electron chi connectivity index (χ0n) is 10.5. The van der Waals surface area contributed by atoms with Gasteiger partial charge in [0.05, 0.1) is 12.2 Å². The van der Waals surface area contributed by atoms with Crippen LogP contribution in [0.2, 0.25) is 0 Å². The van der Waals surface area contributed by atoms with Gasteiger partial charge in [-0.15, -0.1) is 0 Å². The molecule has 0 aromatic rings. The van der Waals surface area contributed by atoms with Crippen LogP contribution in [-0.4, -0.2) is 30.2 Å². The van der Waals surface area contributed by atoms with E-state index in [1.54, 1.807) is 0 Å². The average Bonchev–Trinajstić information content (AvgIpc) is 3.10. The van der Waals surface area contributed by atoms with Crippen molar-refractivity contribution in [2.24, 2.45) is 11.8 Å². The van der Waals surface area contributed by atoms with E-state index in [0.717, 1.165) is 42.9 Å². The fraction of sp³-hybridized carbons (Fsp3) is 1.00. The minimum Gasteiger partial charge on any atom is -0.378 e. The zero-order chi connectivity index (χ0) is 11.7. The van der Waals surface area contributed by atoms with Crippen LogP contribution in [0.25, 0.3) is 0 Å². The standard InChI is InChI=1S/C14H23BrO2/c15-13(12-2-3-12)4-1-11-5-7-17-14(9-11)6-8-16-10-14/h11-13H,1-10H2. The largest absolute Gasteiger partial charge is 0.378 e. The van der Waals surface area contributed by atoms with E-state index < -0.39 is 0 Å². The first kappa shape index (κ1) is 12.4. The molecule has 3 fully saturated rings. The Morgan fingerprint density at radius 1 is 1.24 bits per heavy atom. The third-order valence-electron chi connectivity index (χ3n) is 4.65. The molecule has 17 heavy (non-hydrogen) atoms. The first-order valence-electron chi connectivity index (χ1n) is 7.13. The summed E-state index contributed by atoms with van der Waals surface area (Å²) < 4.78 is 11.5.